The number of rotatable bonds is 4. The molecule has 3 rings (SSSR count). The molecule has 2 aromatic carbocycles. The minimum Gasteiger partial charge on any atom is -0.481 e. The summed E-state index contributed by atoms with van der Waals surface area (Å²) in [5.74, 6) is 3.30. The Bertz CT molecular complexity index is 838. The first-order chi connectivity index (χ1) is 10.8. The number of hydrogen-bond donors (Lipinski definition) is 0. The van der Waals surface area contributed by atoms with Crippen LogP contribution in [-0.2, 0) is 0 Å². The van der Waals surface area contributed by atoms with Gasteiger partial charge < -0.3 is 4.74 Å². The van der Waals surface area contributed by atoms with Gasteiger partial charge in [0.2, 0.25) is 0 Å². The summed E-state index contributed by atoms with van der Waals surface area (Å²) in [5.41, 5.74) is 3.23. The van der Waals surface area contributed by atoms with Gasteiger partial charge in [-0.1, -0.05) is 30.2 Å². The lowest BCUT2D eigenvalue weighted by Crippen LogP contribution is -1.95. The van der Waals surface area contributed by atoms with Crippen LogP contribution < -0.4 is 4.74 Å². The number of para-hydroxylation sites is 1. The molecule has 0 N–H and O–H groups in total. The molecule has 1 aromatic heterocycles. The predicted octanol–water partition coefficient (Wildman–Crippen LogP) is 4.79. The van der Waals surface area contributed by atoms with Gasteiger partial charge in [0.25, 0.3) is 0 Å². The molecule has 0 saturated carbocycles. The maximum atomic E-state index is 5.47. The van der Waals surface area contributed by atoms with E-state index in [1.165, 1.54) is 4.70 Å². The van der Waals surface area contributed by atoms with Crippen LogP contribution in [0.15, 0.2) is 42.5 Å². The molecule has 0 amide bonds. The molecule has 3 aromatic rings. The van der Waals surface area contributed by atoms with E-state index in [0.29, 0.717) is 6.61 Å². The van der Waals surface area contributed by atoms with Gasteiger partial charge in [0, 0.05) is 0 Å². The Balaban J connectivity index is 1.80. The SMILES string of the molecule is C#CCOc1ccc(/C=C/c2nc3ccccc3s2)cc1C. The minimum absolute atomic E-state index is 0.293. The standard InChI is InChI=1S/C19H15NOS/c1-3-12-21-17-10-8-15(13-14(17)2)9-11-19-20-16-6-4-5-7-18(16)22-19/h1,4-11,13H,12H2,2H3/b11-9+. The Morgan fingerprint density at radius 3 is 2.86 bits per heavy atom. The van der Waals surface area contributed by atoms with Crippen LogP contribution in [0.5, 0.6) is 5.75 Å². The fraction of sp³-hybridized carbons (Fsp3) is 0.105. The zero-order valence-electron chi connectivity index (χ0n) is 12.2. The lowest BCUT2D eigenvalue weighted by Gasteiger charge is -2.06. The fourth-order valence-corrected chi connectivity index (χ4v) is 3.06. The average molecular weight is 305 g/mol. The smallest absolute Gasteiger partial charge is 0.148 e. The van der Waals surface area contributed by atoms with Gasteiger partial charge in [-0.3, -0.25) is 0 Å². The summed E-state index contributed by atoms with van der Waals surface area (Å²) >= 11 is 1.69. The van der Waals surface area contributed by atoms with Gasteiger partial charge in [-0.15, -0.1) is 17.8 Å². The summed E-state index contributed by atoms with van der Waals surface area (Å²) in [6, 6.07) is 14.2. The second-order valence-electron chi connectivity index (χ2n) is 4.87. The van der Waals surface area contributed by atoms with E-state index in [1.807, 2.05) is 43.3 Å². The summed E-state index contributed by atoms with van der Waals surface area (Å²) in [6.45, 7) is 2.31. The van der Waals surface area contributed by atoms with Crippen molar-refractivity contribution in [3.05, 3.63) is 58.6 Å². The van der Waals surface area contributed by atoms with Crippen molar-refractivity contribution in [2.45, 2.75) is 6.92 Å². The number of aromatic nitrogens is 1. The van der Waals surface area contributed by atoms with Gasteiger partial charge >= 0.3 is 0 Å². The number of nitrogens with zero attached hydrogens (tertiary/aromatic N) is 1. The van der Waals surface area contributed by atoms with E-state index in [2.05, 4.69) is 29.1 Å². The molecule has 2 nitrogen and oxygen atoms in total. The summed E-state index contributed by atoms with van der Waals surface area (Å²) < 4.78 is 6.68. The Hall–Kier alpha value is -2.57. The fourth-order valence-electron chi connectivity index (χ4n) is 2.19. The first-order valence-corrected chi connectivity index (χ1v) is 7.78. The lowest BCUT2D eigenvalue weighted by molar-refractivity contribution is 0.368. The van der Waals surface area contributed by atoms with Crippen molar-refractivity contribution in [2.75, 3.05) is 6.61 Å². The number of terminal acetylenes is 1. The number of benzene rings is 2. The van der Waals surface area contributed by atoms with Gasteiger partial charge in [0.15, 0.2) is 0 Å². The van der Waals surface area contributed by atoms with E-state index in [9.17, 15) is 0 Å². The summed E-state index contributed by atoms with van der Waals surface area (Å²) in [6.07, 6.45) is 9.32. The van der Waals surface area contributed by atoms with Crippen molar-refractivity contribution in [3.8, 4) is 18.1 Å². The van der Waals surface area contributed by atoms with Gasteiger partial charge in [-0.25, -0.2) is 4.98 Å². The van der Waals surface area contributed by atoms with Crippen LogP contribution in [0.3, 0.4) is 0 Å². The first-order valence-electron chi connectivity index (χ1n) is 6.97. The van der Waals surface area contributed by atoms with Crippen molar-refractivity contribution in [3.63, 3.8) is 0 Å². The highest BCUT2D eigenvalue weighted by atomic mass is 32.1. The molecule has 0 saturated heterocycles. The van der Waals surface area contributed by atoms with E-state index in [0.717, 1.165) is 27.4 Å². The third-order valence-corrected chi connectivity index (χ3v) is 4.24. The van der Waals surface area contributed by atoms with Gasteiger partial charge in [-0.2, -0.15) is 0 Å². The largest absolute Gasteiger partial charge is 0.481 e. The van der Waals surface area contributed by atoms with E-state index in [4.69, 9.17) is 11.2 Å². The average Bonchev–Trinajstić information content (AvgIpc) is 2.95. The quantitative estimate of drug-likeness (QED) is 0.647. The molecule has 0 aliphatic rings. The highest BCUT2D eigenvalue weighted by molar-refractivity contribution is 7.19. The second kappa shape index (κ2) is 6.46. The molecule has 108 valence electrons. The number of fused-ring (bicyclic) bond motifs is 1. The molecule has 22 heavy (non-hydrogen) atoms. The molecule has 0 fully saturated rings. The van der Waals surface area contributed by atoms with Crippen LogP contribution in [0.2, 0.25) is 0 Å². The summed E-state index contributed by atoms with van der Waals surface area (Å²) in [4.78, 5) is 4.59. The van der Waals surface area contributed by atoms with Crippen LogP contribution in [0.1, 0.15) is 16.1 Å². The van der Waals surface area contributed by atoms with Crippen molar-refractivity contribution < 1.29 is 4.74 Å². The van der Waals surface area contributed by atoms with Crippen LogP contribution >= 0.6 is 11.3 Å². The van der Waals surface area contributed by atoms with Crippen molar-refractivity contribution >= 4 is 33.7 Å². The van der Waals surface area contributed by atoms with E-state index < -0.39 is 0 Å². The van der Waals surface area contributed by atoms with Gasteiger partial charge in [0.1, 0.15) is 17.4 Å². The molecule has 0 unspecified atom stereocenters. The van der Waals surface area contributed by atoms with Crippen LogP contribution in [-0.4, -0.2) is 11.6 Å². The second-order valence-corrected chi connectivity index (χ2v) is 5.93. The van der Waals surface area contributed by atoms with Crippen molar-refractivity contribution in [2.24, 2.45) is 0 Å². The molecule has 1 heterocycles. The molecule has 0 spiro atoms. The third-order valence-electron chi connectivity index (χ3n) is 3.24. The molecule has 3 heteroatoms. The molecule has 0 aliphatic carbocycles. The lowest BCUT2D eigenvalue weighted by atomic mass is 10.1. The molecule has 0 bridgehead atoms. The van der Waals surface area contributed by atoms with E-state index in [1.54, 1.807) is 11.3 Å². The molecule has 0 aliphatic heterocycles. The maximum absolute atomic E-state index is 5.47. The molecular formula is C19H15NOS. The summed E-state index contributed by atoms with van der Waals surface area (Å²) in [7, 11) is 0. The topological polar surface area (TPSA) is 22.1 Å². The minimum atomic E-state index is 0.293. The van der Waals surface area contributed by atoms with Crippen molar-refractivity contribution in [1.29, 1.82) is 0 Å². The normalized spacial score (nSPS) is 10.9. The van der Waals surface area contributed by atoms with Crippen LogP contribution in [0, 0.1) is 19.3 Å². The Kier molecular flexibility index (Phi) is 4.22. The monoisotopic (exact) mass is 305 g/mol. The molecule has 0 atom stereocenters. The van der Waals surface area contributed by atoms with Crippen molar-refractivity contribution in [1.82, 2.24) is 4.98 Å². The molecule has 0 radical (unpaired) electrons. The first kappa shape index (κ1) is 14.4. The summed E-state index contributed by atoms with van der Waals surface area (Å²) in [5, 5.41) is 1.01. The van der Waals surface area contributed by atoms with Crippen LogP contribution in [0.4, 0.5) is 0 Å². The zero-order valence-corrected chi connectivity index (χ0v) is 13.1. The van der Waals surface area contributed by atoms with Gasteiger partial charge in [-0.05, 0) is 48.4 Å². The maximum Gasteiger partial charge on any atom is 0.148 e. The number of aryl methyl sites for hydroxylation is 1. The molecular weight excluding hydrogens is 290 g/mol. The Labute approximate surface area is 134 Å². The predicted molar refractivity (Wildman–Crippen MR) is 94.1 cm³/mol. The zero-order chi connectivity index (χ0) is 15.4. The van der Waals surface area contributed by atoms with E-state index >= 15 is 0 Å². The van der Waals surface area contributed by atoms with E-state index in [-0.39, 0.29) is 0 Å². The van der Waals surface area contributed by atoms with Crippen LogP contribution in [0.25, 0.3) is 22.4 Å². The Morgan fingerprint density at radius 1 is 1.23 bits per heavy atom. The number of hydrogen-bond acceptors (Lipinski definition) is 3. The number of ether oxygens (including phenoxy) is 1. The highest BCUT2D eigenvalue weighted by Crippen LogP contribution is 2.24. The highest BCUT2D eigenvalue weighted by Gasteiger charge is 2.01. The number of thiazole rings is 1. The van der Waals surface area contributed by atoms with Gasteiger partial charge in [0.05, 0.1) is 10.2 Å². The third kappa shape index (κ3) is 3.19. The Morgan fingerprint density at radius 2 is 2.09 bits per heavy atom.